The summed E-state index contributed by atoms with van der Waals surface area (Å²) in [5.74, 6) is -1.96. The molecule has 3 aliphatic rings. The van der Waals surface area contributed by atoms with Crippen LogP contribution in [-0.4, -0.2) is 57.1 Å². The smallest absolute Gasteiger partial charge is 0.353 e. The Balaban J connectivity index is 1.87. The second-order valence-corrected chi connectivity index (χ2v) is 7.60. The van der Waals surface area contributed by atoms with E-state index in [0.717, 1.165) is 17.9 Å². The molecular formula is C14H21N3O4S. The molecule has 3 heterocycles. The predicted octanol–water partition coefficient (Wildman–Crippen LogP) is -0.480. The third-order valence-corrected chi connectivity index (χ3v) is 6.24. The maximum atomic E-state index is 12.2. The van der Waals surface area contributed by atoms with Crippen molar-refractivity contribution in [2.45, 2.75) is 43.8 Å². The molecule has 0 aromatic carbocycles. The first-order valence-corrected chi connectivity index (χ1v) is 8.35. The molecule has 1 amide bonds. The molecule has 2 saturated heterocycles. The van der Waals surface area contributed by atoms with Gasteiger partial charge in [-0.05, 0) is 13.3 Å². The van der Waals surface area contributed by atoms with Crippen LogP contribution in [0.5, 0.6) is 0 Å². The molecule has 0 unspecified atom stereocenters. The van der Waals surface area contributed by atoms with Crippen LogP contribution in [0.2, 0.25) is 0 Å². The van der Waals surface area contributed by atoms with E-state index in [1.165, 1.54) is 16.7 Å². The Morgan fingerprint density at radius 3 is 2.73 bits per heavy atom. The van der Waals surface area contributed by atoms with Crippen molar-refractivity contribution in [2.75, 3.05) is 6.54 Å². The fraction of sp³-hybridized carbons (Fsp3) is 0.714. The number of amides is 1. The molecule has 0 spiro atoms. The number of carboxylic acids is 1. The lowest BCUT2D eigenvalue weighted by molar-refractivity contribution is -0.163. The summed E-state index contributed by atoms with van der Waals surface area (Å²) in [6, 6.07) is -0.246. The van der Waals surface area contributed by atoms with Crippen LogP contribution in [0.15, 0.2) is 10.6 Å². The quantitative estimate of drug-likeness (QED) is 0.515. The Labute approximate surface area is 132 Å². The van der Waals surface area contributed by atoms with Crippen LogP contribution in [0.3, 0.4) is 0 Å². The molecule has 6 atom stereocenters. The molecule has 0 aromatic heterocycles. The van der Waals surface area contributed by atoms with Crippen LogP contribution in [0.4, 0.5) is 0 Å². The first kappa shape index (κ1) is 15.8. The van der Waals surface area contributed by atoms with Gasteiger partial charge >= 0.3 is 5.97 Å². The van der Waals surface area contributed by atoms with Crippen molar-refractivity contribution in [3.63, 3.8) is 0 Å². The Bertz CT molecular complexity index is 550. The Morgan fingerprint density at radius 1 is 1.55 bits per heavy atom. The highest BCUT2D eigenvalue weighted by Gasteiger charge is 2.60. The standard InChI is InChI=1S/C14H21N3O4S/c1-5-10-9(6(2)18)13(19)17(10)11(14(20)21)12(5)22-7-3-8(15)16-4-7/h5-10,16,18H,3-4,15H2,1-2H3,(H,20,21)/t5-,6-,7+,8+,9-,10-/m1/s1. The number of β-lactam (4-membered cyclic amide) rings is 1. The fourth-order valence-electron chi connectivity index (χ4n) is 3.68. The number of aliphatic carboxylic acids is 1. The summed E-state index contributed by atoms with van der Waals surface area (Å²) < 4.78 is 0. The number of nitrogens with one attached hydrogen (secondary N) is 1. The first-order valence-electron chi connectivity index (χ1n) is 7.47. The maximum Gasteiger partial charge on any atom is 0.353 e. The van der Waals surface area contributed by atoms with Crippen LogP contribution >= 0.6 is 11.8 Å². The number of hydrogen-bond donors (Lipinski definition) is 4. The van der Waals surface area contributed by atoms with E-state index in [1.54, 1.807) is 6.92 Å². The van der Waals surface area contributed by atoms with Crippen molar-refractivity contribution < 1.29 is 19.8 Å². The number of carbonyl (C=O) groups excluding carboxylic acids is 1. The van der Waals surface area contributed by atoms with Gasteiger partial charge in [-0.1, -0.05) is 6.92 Å². The van der Waals surface area contributed by atoms with E-state index in [-0.39, 0.29) is 35.0 Å². The number of carbonyl (C=O) groups is 2. The molecule has 0 bridgehead atoms. The van der Waals surface area contributed by atoms with Crippen molar-refractivity contribution in [3.8, 4) is 0 Å². The predicted molar refractivity (Wildman–Crippen MR) is 81.6 cm³/mol. The summed E-state index contributed by atoms with van der Waals surface area (Å²) in [6.45, 7) is 4.24. The minimum Gasteiger partial charge on any atom is -0.477 e. The number of nitrogens with zero attached hydrogens (tertiary/aromatic N) is 1. The van der Waals surface area contributed by atoms with E-state index in [2.05, 4.69) is 5.32 Å². The van der Waals surface area contributed by atoms with Crippen molar-refractivity contribution in [1.29, 1.82) is 0 Å². The van der Waals surface area contributed by atoms with Crippen LogP contribution in [0.1, 0.15) is 20.3 Å². The van der Waals surface area contributed by atoms with Gasteiger partial charge in [0.25, 0.3) is 0 Å². The number of nitrogens with two attached hydrogens (primary N) is 1. The lowest BCUT2D eigenvalue weighted by Crippen LogP contribution is -2.63. The molecule has 0 radical (unpaired) electrons. The number of aliphatic hydroxyl groups is 1. The van der Waals surface area contributed by atoms with Gasteiger partial charge in [-0.25, -0.2) is 4.79 Å². The highest BCUT2D eigenvalue weighted by molar-refractivity contribution is 8.03. The number of rotatable bonds is 4. The SMILES string of the molecule is C[C@@H](O)[C@H]1C(=O)N2C(C(=O)O)=C(S[C@@H]3CN[C@H](N)C3)[C@H](C)[C@H]12. The van der Waals surface area contributed by atoms with Gasteiger partial charge in [0.1, 0.15) is 5.70 Å². The van der Waals surface area contributed by atoms with Crippen molar-refractivity contribution in [3.05, 3.63) is 10.6 Å². The minimum absolute atomic E-state index is 0.0630. The zero-order chi connectivity index (χ0) is 16.2. The molecule has 7 nitrogen and oxygen atoms in total. The number of aliphatic hydroxyl groups excluding tert-OH is 1. The van der Waals surface area contributed by atoms with E-state index in [0.29, 0.717) is 0 Å². The van der Waals surface area contributed by atoms with Crippen molar-refractivity contribution in [1.82, 2.24) is 10.2 Å². The normalized spacial score (nSPS) is 39.0. The monoisotopic (exact) mass is 327 g/mol. The molecule has 8 heteroatoms. The lowest BCUT2D eigenvalue weighted by Gasteiger charge is -2.46. The number of hydrogen-bond acceptors (Lipinski definition) is 6. The van der Waals surface area contributed by atoms with E-state index >= 15 is 0 Å². The second-order valence-electron chi connectivity index (χ2n) is 6.26. The number of carboxylic acid groups (broad SMARTS) is 1. The van der Waals surface area contributed by atoms with E-state index in [1.807, 2.05) is 6.92 Å². The maximum absolute atomic E-state index is 12.2. The van der Waals surface area contributed by atoms with E-state index in [4.69, 9.17) is 5.73 Å². The zero-order valence-corrected chi connectivity index (χ0v) is 13.3. The van der Waals surface area contributed by atoms with Gasteiger partial charge in [0.15, 0.2) is 0 Å². The molecular weight excluding hydrogens is 306 g/mol. The summed E-state index contributed by atoms with van der Waals surface area (Å²) in [6.07, 6.45) is -0.0594. The van der Waals surface area contributed by atoms with Gasteiger partial charge in [-0.2, -0.15) is 0 Å². The third kappa shape index (κ3) is 2.25. The summed E-state index contributed by atoms with van der Waals surface area (Å²) in [7, 11) is 0. The topological polar surface area (TPSA) is 116 Å². The molecule has 0 aliphatic carbocycles. The fourth-order valence-corrected chi connectivity index (χ4v) is 5.17. The number of fused-ring (bicyclic) bond motifs is 1. The summed E-state index contributed by atoms with van der Waals surface area (Å²) in [5, 5.41) is 22.7. The Hall–Kier alpha value is -1.09. The van der Waals surface area contributed by atoms with Crippen LogP contribution in [-0.2, 0) is 9.59 Å². The molecule has 0 saturated carbocycles. The average Bonchev–Trinajstić information content (AvgIpc) is 2.92. The van der Waals surface area contributed by atoms with Gasteiger partial charge in [-0.15, -0.1) is 11.8 Å². The van der Waals surface area contributed by atoms with Gasteiger partial charge in [0.05, 0.1) is 24.2 Å². The molecule has 5 N–H and O–H groups in total. The van der Waals surface area contributed by atoms with Crippen LogP contribution in [0, 0.1) is 11.8 Å². The van der Waals surface area contributed by atoms with Gasteiger partial charge in [0.2, 0.25) is 5.91 Å². The molecule has 22 heavy (non-hydrogen) atoms. The summed E-state index contributed by atoms with van der Waals surface area (Å²) in [5.41, 5.74) is 5.91. The lowest BCUT2D eigenvalue weighted by atomic mass is 9.79. The molecule has 3 aliphatic heterocycles. The minimum atomic E-state index is -1.08. The summed E-state index contributed by atoms with van der Waals surface area (Å²) >= 11 is 1.51. The van der Waals surface area contributed by atoms with Gasteiger partial charge in [-0.3, -0.25) is 4.79 Å². The highest BCUT2D eigenvalue weighted by atomic mass is 32.2. The van der Waals surface area contributed by atoms with Gasteiger partial charge < -0.3 is 26.2 Å². The first-order chi connectivity index (χ1) is 10.3. The van der Waals surface area contributed by atoms with Crippen LogP contribution in [0.25, 0.3) is 0 Å². The Morgan fingerprint density at radius 2 is 2.23 bits per heavy atom. The van der Waals surface area contributed by atoms with Crippen molar-refractivity contribution in [2.24, 2.45) is 17.6 Å². The Kier molecular flexibility index (Phi) is 3.96. The highest BCUT2D eigenvalue weighted by Crippen LogP contribution is 2.51. The molecule has 2 fully saturated rings. The van der Waals surface area contributed by atoms with Gasteiger partial charge in [0, 0.05) is 22.6 Å². The van der Waals surface area contributed by atoms with Crippen molar-refractivity contribution >= 4 is 23.6 Å². The number of thioether (sulfide) groups is 1. The van der Waals surface area contributed by atoms with E-state index in [9.17, 15) is 19.8 Å². The second kappa shape index (κ2) is 5.52. The molecule has 3 rings (SSSR count). The summed E-state index contributed by atoms with van der Waals surface area (Å²) in [4.78, 5) is 25.9. The van der Waals surface area contributed by atoms with E-state index < -0.39 is 18.0 Å². The zero-order valence-electron chi connectivity index (χ0n) is 12.5. The largest absolute Gasteiger partial charge is 0.477 e. The molecule has 122 valence electrons. The average molecular weight is 327 g/mol. The molecule has 0 aromatic rings. The third-order valence-electron chi connectivity index (χ3n) is 4.73. The van der Waals surface area contributed by atoms with Crippen LogP contribution < -0.4 is 11.1 Å².